The van der Waals surface area contributed by atoms with E-state index in [1.165, 1.54) is 0 Å². The molecule has 1 aliphatic rings. The molecule has 1 aromatic rings. The van der Waals surface area contributed by atoms with Crippen molar-refractivity contribution in [2.45, 2.75) is 96.4 Å². The van der Waals surface area contributed by atoms with E-state index in [1.807, 2.05) is 0 Å². The van der Waals surface area contributed by atoms with Crippen LogP contribution in [0.1, 0.15) is 73.6 Å². The molecule has 0 aliphatic heterocycles. The fourth-order valence-electron chi connectivity index (χ4n) is 3.43. The van der Waals surface area contributed by atoms with Crippen LogP contribution >= 0.6 is 0 Å². The molecule has 1 fully saturated rings. The molecule has 0 bridgehead atoms. The van der Waals surface area contributed by atoms with Crippen LogP contribution in [-0.4, -0.2) is 60.0 Å². The molecule has 1 heterocycles. The number of hydrogen-bond donors (Lipinski definition) is 2. The van der Waals surface area contributed by atoms with E-state index in [9.17, 15) is 13.8 Å². The molecule has 0 spiro atoms. The second-order valence-electron chi connectivity index (χ2n) is 10.4. The van der Waals surface area contributed by atoms with E-state index in [0.717, 1.165) is 19.3 Å². The lowest BCUT2D eigenvalue weighted by atomic mass is 9.75. The van der Waals surface area contributed by atoms with Gasteiger partial charge in [-0.3, -0.25) is 4.78 Å². The molecule has 182 valence electrons. The van der Waals surface area contributed by atoms with Crippen LogP contribution in [0.15, 0.2) is 12.4 Å². The van der Waals surface area contributed by atoms with Gasteiger partial charge in [0.05, 0.1) is 17.9 Å². The Labute approximate surface area is 190 Å². The third-order valence-corrected chi connectivity index (χ3v) is 6.90. The van der Waals surface area contributed by atoms with Crippen LogP contribution in [-0.2, 0) is 29.5 Å². The van der Waals surface area contributed by atoms with Crippen LogP contribution in [0.3, 0.4) is 0 Å². The highest BCUT2D eigenvalue weighted by Gasteiger charge is 2.41. The highest BCUT2D eigenvalue weighted by atomic mass is 32.2. The lowest BCUT2D eigenvalue weighted by molar-refractivity contribution is -0.157. The van der Waals surface area contributed by atoms with Gasteiger partial charge in [-0.2, -0.15) is 15.0 Å². The quantitative estimate of drug-likeness (QED) is 0.528. The van der Waals surface area contributed by atoms with Gasteiger partial charge < -0.3 is 14.8 Å². The molecular formula is C21H37N5O5S. The third-order valence-electron chi connectivity index (χ3n) is 5.14. The Kier molecular flexibility index (Phi) is 7.96. The largest absolute Gasteiger partial charge is 0.458 e. The van der Waals surface area contributed by atoms with Crippen molar-refractivity contribution in [2.75, 3.05) is 11.5 Å². The average molecular weight is 472 g/mol. The zero-order chi connectivity index (χ0) is 24.2. The molecule has 0 radical (unpaired) electrons. The Morgan fingerprint density at radius 3 is 2.12 bits per heavy atom. The second kappa shape index (κ2) is 9.76. The molecule has 1 amide bonds. The topological polar surface area (TPSA) is 136 Å². The first-order valence-corrected chi connectivity index (χ1v) is 12.8. The summed E-state index contributed by atoms with van der Waals surface area (Å²) in [4.78, 5) is 26.5. The van der Waals surface area contributed by atoms with Gasteiger partial charge in [0.15, 0.2) is 0 Å². The van der Waals surface area contributed by atoms with E-state index < -0.39 is 39.0 Å². The number of carbonyl (C=O) groups excluding carboxylic acids is 2. The standard InChI is InChI=1S/C21H37N5O5S/c1-19(2,3)30-17(27)16(25-18(28)31-20(4,5)6)8-14-32(22,29)15-11-21(9-7-10-21)26-23-12-13-24-26/h12-13,16,22H,7-11,14-15H2,1-6H3,(H,25,28)/t16-,32?/m0/s1. The molecule has 2 N–H and O–H groups in total. The van der Waals surface area contributed by atoms with Crippen molar-refractivity contribution in [1.29, 1.82) is 4.78 Å². The summed E-state index contributed by atoms with van der Waals surface area (Å²) in [5.74, 6) is -0.521. The van der Waals surface area contributed by atoms with Crippen LogP contribution in [0.25, 0.3) is 0 Å². The van der Waals surface area contributed by atoms with E-state index in [1.54, 1.807) is 58.7 Å². The monoisotopic (exact) mass is 471 g/mol. The Morgan fingerprint density at radius 2 is 1.66 bits per heavy atom. The highest BCUT2D eigenvalue weighted by Crippen LogP contribution is 2.41. The number of nitrogens with zero attached hydrogens (tertiary/aromatic N) is 3. The van der Waals surface area contributed by atoms with Crippen molar-refractivity contribution in [2.24, 2.45) is 0 Å². The third kappa shape index (κ3) is 8.07. The number of hydrogen-bond acceptors (Lipinski definition) is 8. The first-order valence-electron chi connectivity index (χ1n) is 10.9. The summed E-state index contributed by atoms with van der Waals surface area (Å²) in [6.45, 7) is 10.3. The number of amides is 1. The molecule has 2 rings (SSSR count). The van der Waals surface area contributed by atoms with E-state index in [2.05, 4.69) is 15.5 Å². The van der Waals surface area contributed by atoms with E-state index in [-0.39, 0.29) is 23.5 Å². The van der Waals surface area contributed by atoms with Gasteiger partial charge in [-0.1, -0.05) is 0 Å². The van der Waals surface area contributed by atoms with Crippen molar-refractivity contribution in [3.05, 3.63) is 12.4 Å². The summed E-state index contributed by atoms with van der Waals surface area (Å²) in [6.07, 6.45) is 5.84. The maximum atomic E-state index is 13.0. The van der Waals surface area contributed by atoms with E-state index >= 15 is 0 Å². The summed E-state index contributed by atoms with van der Waals surface area (Å²) in [6, 6.07) is -1.05. The summed E-state index contributed by atoms with van der Waals surface area (Å²) in [5, 5.41) is 11.0. The van der Waals surface area contributed by atoms with E-state index in [0.29, 0.717) is 6.42 Å². The SMILES string of the molecule is CC(C)(C)OC(=O)N[C@@H](CCS(=N)(=O)CCC1(n2nccn2)CCC1)C(=O)OC(C)(C)C. The van der Waals surface area contributed by atoms with Crippen LogP contribution < -0.4 is 5.32 Å². The number of carbonyl (C=O) groups is 2. The van der Waals surface area contributed by atoms with Crippen molar-refractivity contribution in [3.63, 3.8) is 0 Å². The average Bonchev–Trinajstić information content (AvgIpc) is 3.09. The van der Waals surface area contributed by atoms with Gasteiger partial charge in [0, 0.05) is 21.2 Å². The number of aromatic nitrogens is 3. The number of rotatable bonds is 9. The normalized spacial score (nSPS) is 18.7. The summed E-state index contributed by atoms with van der Waals surface area (Å²) < 4.78 is 32.0. The number of ether oxygens (including phenoxy) is 2. The van der Waals surface area contributed by atoms with Gasteiger partial charge in [0.25, 0.3) is 0 Å². The van der Waals surface area contributed by atoms with Crippen LogP contribution in [0.5, 0.6) is 0 Å². The smallest absolute Gasteiger partial charge is 0.408 e. The number of alkyl carbamates (subject to hydrolysis) is 1. The first-order chi connectivity index (χ1) is 14.6. The zero-order valence-electron chi connectivity index (χ0n) is 20.0. The molecule has 1 saturated carbocycles. The van der Waals surface area contributed by atoms with Crippen LogP contribution in [0.2, 0.25) is 0 Å². The molecular weight excluding hydrogens is 434 g/mol. The fourth-order valence-corrected chi connectivity index (χ4v) is 4.96. The van der Waals surface area contributed by atoms with Gasteiger partial charge in [-0.25, -0.2) is 13.8 Å². The molecule has 1 aromatic heterocycles. The minimum Gasteiger partial charge on any atom is -0.458 e. The number of nitrogens with one attached hydrogen (secondary N) is 2. The van der Waals surface area contributed by atoms with E-state index in [4.69, 9.17) is 14.3 Å². The maximum Gasteiger partial charge on any atom is 0.408 e. The lowest BCUT2D eigenvalue weighted by Crippen LogP contribution is -2.47. The Balaban J connectivity index is 2.01. The Morgan fingerprint density at radius 1 is 1.09 bits per heavy atom. The first kappa shape index (κ1) is 26.1. The minimum atomic E-state index is -2.99. The molecule has 1 aliphatic carbocycles. The predicted octanol–water partition coefficient (Wildman–Crippen LogP) is 3.22. The summed E-state index contributed by atoms with van der Waals surface area (Å²) >= 11 is 0. The number of esters is 1. The molecule has 0 saturated heterocycles. The van der Waals surface area contributed by atoms with Gasteiger partial charge in [0.2, 0.25) is 0 Å². The molecule has 11 heteroatoms. The lowest BCUT2D eigenvalue weighted by Gasteiger charge is -2.40. The van der Waals surface area contributed by atoms with Crippen LogP contribution in [0.4, 0.5) is 4.79 Å². The van der Waals surface area contributed by atoms with Gasteiger partial charge in [0.1, 0.15) is 17.2 Å². The highest BCUT2D eigenvalue weighted by molar-refractivity contribution is 7.92. The van der Waals surface area contributed by atoms with Gasteiger partial charge in [-0.15, -0.1) is 0 Å². The van der Waals surface area contributed by atoms with Crippen molar-refractivity contribution < 1.29 is 23.3 Å². The second-order valence-corrected chi connectivity index (χ2v) is 12.8. The van der Waals surface area contributed by atoms with Crippen molar-refractivity contribution in [1.82, 2.24) is 20.3 Å². The molecule has 2 atom stereocenters. The summed E-state index contributed by atoms with van der Waals surface area (Å²) in [5.41, 5.74) is -1.77. The predicted molar refractivity (Wildman–Crippen MR) is 121 cm³/mol. The van der Waals surface area contributed by atoms with Gasteiger partial charge in [-0.05, 0) is 73.6 Å². The zero-order valence-corrected chi connectivity index (χ0v) is 20.8. The van der Waals surface area contributed by atoms with Crippen molar-refractivity contribution >= 4 is 21.8 Å². The summed E-state index contributed by atoms with van der Waals surface area (Å²) in [7, 11) is -2.99. The van der Waals surface area contributed by atoms with Gasteiger partial charge >= 0.3 is 12.1 Å². The maximum absolute atomic E-state index is 13.0. The minimum absolute atomic E-state index is 0.0174. The molecule has 10 nitrogen and oxygen atoms in total. The molecule has 1 unspecified atom stereocenters. The molecule has 0 aromatic carbocycles. The van der Waals surface area contributed by atoms with Crippen molar-refractivity contribution in [3.8, 4) is 0 Å². The van der Waals surface area contributed by atoms with Crippen LogP contribution in [0, 0.1) is 4.78 Å². The Hall–Kier alpha value is -2.17. The molecule has 32 heavy (non-hydrogen) atoms. The fraction of sp³-hybridized carbons (Fsp3) is 0.810. The Bertz CT molecular complexity index is 881.